The summed E-state index contributed by atoms with van der Waals surface area (Å²) in [7, 11) is 0. The first-order chi connectivity index (χ1) is 12.8. The maximum Gasteiger partial charge on any atom is 0.319 e. The van der Waals surface area contributed by atoms with Gasteiger partial charge in [0.1, 0.15) is 0 Å². The molecule has 0 radical (unpaired) electrons. The van der Waals surface area contributed by atoms with Crippen LogP contribution in [0.3, 0.4) is 0 Å². The Kier molecular flexibility index (Phi) is 8.06. The minimum absolute atomic E-state index is 0.187. The minimum Gasteiger partial charge on any atom is -0.338 e. The molecule has 2 aliphatic rings. The molecule has 5 heteroatoms. The van der Waals surface area contributed by atoms with E-state index >= 15 is 0 Å². The molecule has 0 spiro atoms. The van der Waals surface area contributed by atoms with Gasteiger partial charge in [-0.2, -0.15) is 4.91 Å². The van der Waals surface area contributed by atoms with Crippen molar-refractivity contribution in [2.75, 3.05) is 11.9 Å². The van der Waals surface area contributed by atoms with Crippen LogP contribution in [0.5, 0.6) is 0 Å². The van der Waals surface area contributed by atoms with Crippen LogP contribution in [-0.2, 0) is 12.8 Å². The van der Waals surface area contributed by atoms with Crippen LogP contribution in [0.4, 0.5) is 10.5 Å². The highest BCUT2D eigenvalue weighted by molar-refractivity contribution is 5.90. The van der Waals surface area contributed by atoms with Gasteiger partial charge in [-0.15, -0.1) is 0 Å². The molecule has 140 valence electrons. The second kappa shape index (κ2) is 10.5. The molecule has 1 aromatic carbocycles. The van der Waals surface area contributed by atoms with Gasteiger partial charge in [0.05, 0.1) is 6.04 Å². The number of allylic oxidation sites excluding steroid dienone is 3. The van der Waals surface area contributed by atoms with Crippen molar-refractivity contribution in [3.8, 4) is 0 Å². The normalized spacial score (nSPS) is 17.9. The molecule has 0 fully saturated rings. The van der Waals surface area contributed by atoms with Crippen LogP contribution in [0, 0.1) is 4.91 Å². The molecule has 5 nitrogen and oxygen atoms in total. The number of nitrogens with one attached hydrogen (secondary N) is 2. The predicted octanol–water partition coefficient (Wildman–Crippen LogP) is 5.12. The van der Waals surface area contributed by atoms with Gasteiger partial charge in [0.2, 0.25) is 0 Å². The van der Waals surface area contributed by atoms with Crippen molar-refractivity contribution in [3.63, 3.8) is 0 Å². The first-order valence-electron chi connectivity index (χ1n) is 9.60. The third-order valence-electron chi connectivity index (χ3n) is 4.63. The number of carbonyl (C=O) groups is 1. The lowest BCUT2D eigenvalue weighted by Gasteiger charge is -2.22. The van der Waals surface area contributed by atoms with E-state index in [0.717, 1.165) is 43.4 Å². The number of hydrogen-bond donors (Lipinski definition) is 2. The quantitative estimate of drug-likeness (QED) is 0.719. The van der Waals surface area contributed by atoms with Crippen LogP contribution in [0.1, 0.15) is 50.7 Å². The van der Waals surface area contributed by atoms with Crippen molar-refractivity contribution >= 4 is 11.7 Å². The molecule has 0 aliphatic heterocycles. The molecular weight excluding hydrogens is 326 g/mol. The fourth-order valence-corrected chi connectivity index (χ4v) is 3.32. The topological polar surface area (TPSA) is 70.6 Å². The Labute approximate surface area is 155 Å². The van der Waals surface area contributed by atoms with Crippen molar-refractivity contribution < 1.29 is 4.79 Å². The molecule has 3 rings (SSSR count). The highest BCUT2D eigenvalue weighted by atomic mass is 16.3. The number of fused-ring (bicyclic) bond motifs is 1. The Balaban J connectivity index is 0.00000117. The Morgan fingerprint density at radius 2 is 2.12 bits per heavy atom. The zero-order valence-electron chi connectivity index (χ0n) is 15.8. The average Bonchev–Trinajstić information content (AvgIpc) is 2.70. The molecule has 26 heavy (non-hydrogen) atoms. The summed E-state index contributed by atoms with van der Waals surface area (Å²) in [6.07, 6.45) is 11.8. The Morgan fingerprint density at radius 3 is 2.85 bits per heavy atom. The molecule has 0 heterocycles. The van der Waals surface area contributed by atoms with Gasteiger partial charge in [-0.3, -0.25) is 0 Å². The van der Waals surface area contributed by atoms with Crippen LogP contribution in [0.15, 0.2) is 47.2 Å². The molecule has 2 amide bonds. The van der Waals surface area contributed by atoms with E-state index < -0.39 is 0 Å². The Bertz CT molecular complexity index is 680. The van der Waals surface area contributed by atoms with Crippen LogP contribution in [0.2, 0.25) is 0 Å². The maximum atomic E-state index is 12.1. The van der Waals surface area contributed by atoms with Crippen LogP contribution in [-0.4, -0.2) is 18.6 Å². The van der Waals surface area contributed by atoms with Gasteiger partial charge in [0.25, 0.3) is 0 Å². The molecular formula is C21H29N3O2. The van der Waals surface area contributed by atoms with Crippen molar-refractivity contribution in [1.82, 2.24) is 5.32 Å². The Hall–Kier alpha value is -2.43. The van der Waals surface area contributed by atoms with E-state index in [0.29, 0.717) is 13.0 Å². The van der Waals surface area contributed by atoms with E-state index in [1.54, 1.807) is 0 Å². The van der Waals surface area contributed by atoms with E-state index in [2.05, 4.69) is 40.1 Å². The summed E-state index contributed by atoms with van der Waals surface area (Å²) in [6, 6.07) is 5.50. The third kappa shape index (κ3) is 5.55. The number of hydrogen-bond acceptors (Lipinski definition) is 3. The second-order valence-electron chi connectivity index (χ2n) is 6.33. The number of aryl methyl sites for hydroxylation is 1. The third-order valence-corrected chi connectivity index (χ3v) is 4.63. The van der Waals surface area contributed by atoms with Gasteiger partial charge >= 0.3 is 6.03 Å². The van der Waals surface area contributed by atoms with Crippen molar-refractivity contribution in [1.29, 1.82) is 0 Å². The van der Waals surface area contributed by atoms with Crippen LogP contribution >= 0.6 is 0 Å². The highest BCUT2D eigenvalue weighted by Crippen LogP contribution is 2.29. The van der Waals surface area contributed by atoms with E-state index in [-0.39, 0.29) is 12.1 Å². The number of amides is 2. The van der Waals surface area contributed by atoms with Gasteiger partial charge in [-0.25, -0.2) is 4.79 Å². The lowest BCUT2D eigenvalue weighted by atomic mass is 9.87. The lowest BCUT2D eigenvalue weighted by Crippen LogP contribution is -2.30. The maximum absolute atomic E-state index is 12.1. The van der Waals surface area contributed by atoms with Gasteiger partial charge < -0.3 is 10.6 Å². The summed E-state index contributed by atoms with van der Waals surface area (Å²) in [6.45, 7) is 4.61. The first kappa shape index (κ1) is 19.9. The summed E-state index contributed by atoms with van der Waals surface area (Å²) in [5.74, 6) is 0. The number of anilines is 1. The molecule has 0 saturated heterocycles. The number of benzene rings is 1. The van der Waals surface area contributed by atoms with Crippen molar-refractivity contribution in [2.45, 2.75) is 58.4 Å². The summed E-state index contributed by atoms with van der Waals surface area (Å²) in [4.78, 5) is 23.0. The monoisotopic (exact) mass is 355 g/mol. The Morgan fingerprint density at radius 1 is 1.27 bits per heavy atom. The number of rotatable bonds is 5. The summed E-state index contributed by atoms with van der Waals surface area (Å²) in [5, 5.41) is 9.00. The average molecular weight is 355 g/mol. The molecule has 2 N–H and O–H groups in total. The molecule has 0 aromatic heterocycles. The molecule has 1 aromatic rings. The van der Waals surface area contributed by atoms with Crippen molar-refractivity contribution in [2.24, 2.45) is 5.18 Å². The van der Waals surface area contributed by atoms with E-state index in [4.69, 9.17) is 0 Å². The zero-order valence-corrected chi connectivity index (χ0v) is 15.8. The van der Waals surface area contributed by atoms with E-state index in [1.165, 1.54) is 11.1 Å². The molecule has 2 aliphatic carbocycles. The lowest BCUT2D eigenvalue weighted by molar-refractivity contribution is 0.252. The smallest absolute Gasteiger partial charge is 0.319 e. The van der Waals surface area contributed by atoms with Crippen molar-refractivity contribution in [3.05, 3.63) is 58.0 Å². The van der Waals surface area contributed by atoms with Gasteiger partial charge in [0.15, 0.2) is 0 Å². The fraction of sp³-hybridized carbons (Fsp3) is 0.476. The summed E-state index contributed by atoms with van der Waals surface area (Å²) in [5.41, 5.74) is 4.31. The SMILES string of the molecule is CC.O=NC1CCc2cccc(NC(=O)NCCC3=CCCC=C3)c2C1. The molecule has 0 bridgehead atoms. The van der Waals surface area contributed by atoms with Crippen LogP contribution < -0.4 is 10.6 Å². The summed E-state index contributed by atoms with van der Waals surface area (Å²) < 4.78 is 0. The summed E-state index contributed by atoms with van der Waals surface area (Å²) >= 11 is 0. The second-order valence-corrected chi connectivity index (χ2v) is 6.33. The largest absolute Gasteiger partial charge is 0.338 e. The van der Waals surface area contributed by atoms with Crippen LogP contribution in [0.25, 0.3) is 0 Å². The first-order valence-corrected chi connectivity index (χ1v) is 9.60. The number of nitrogens with zero attached hydrogens (tertiary/aromatic N) is 1. The zero-order chi connectivity index (χ0) is 18.8. The van der Waals surface area contributed by atoms with E-state index in [1.807, 2.05) is 26.0 Å². The molecule has 1 unspecified atom stereocenters. The number of carbonyl (C=O) groups excluding carboxylic acids is 1. The van der Waals surface area contributed by atoms with Gasteiger partial charge in [0, 0.05) is 18.7 Å². The molecule has 1 atom stereocenters. The van der Waals surface area contributed by atoms with Gasteiger partial charge in [-0.05, 0) is 49.3 Å². The minimum atomic E-state index is -0.204. The van der Waals surface area contributed by atoms with E-state index in [9.17, 15) is 9.70 Å². The number of urea groups is 1. The standard InChI is InChI=1S/C19H23N3O2.C2H6/c23-19(20-12-11-14-5-2-1-3-6-14)21-18-8-4-7-15-9-10-16(22-24)13-17(15)18;1-2/h2,4-8,16H,1,3,9-13H2,(H2,20,21,23);1-2H3. The number of nitroso groups, excluding NO2 is 1. The fourth-order valence-electron chi connectivity index (χ4n) is 3.32. The highest BCUT2D eigenvalue weighted by Gasteiger charge is 2.22. The van der Waals surface area contributed by atoms with Gasteiger partial charge in [-0.1, -0.05) is 55.0 Å². The predicted molar refractivity (Wildman–Crippen MR) is 107 cm³/mol. The molecule has 0 saturated carbocycles.